The number of aliphatic hydroxyl groups is 1. The molecule has 2 N–H and O–H groups in total. The Morgan fingerprint density at radius 1 is 1.29 bits per heavy atom. The van der Waals surface area contributed by atoms with Gasteiger partial charge in [-0.1, -0.05) is 19.3 Å². The van der Waals surface area contributed by atoms with Crippen molar-refractivity contribution in [1.29, 1.82) is 0 Å². The molecule has 0 radical (unpaired) electrons. The standard InChI is InChI=1S/C11H23NO2/c1-14-8-7-12-9-11(10-13)5-3-2-4-6-11/h12-13H,2-10H2,1H3. The number of aliphatic hydroxyl groups excluding tert-OH is 1. The fourth-order valence-electron chi connectivity index (χ4n) is 2.22. The average molecular weight is 201 g/mol. The Morgan fingerprint density at radius 3 is 2.57 bits per heavy atom. The largest absolute Gasteiger partial charge is 0.396 e. The molecule has 1 rings (SSSR count). The smallest absolute Gasteiger partial charge is 0.0587 e. The molecule has 0 atom stereocenters. The topological polar surface area (TPSA) is 41.5 Å². The first-order chi connectivity index (χ1) is 6.83. The lowest BCUT2D eigenvalue weighted by atomic mass is 9.74. The summed E-state index contributed by atoms with van der Waals surface area (Å²) in [7, 11) is 1.71. The molecule has 0 amide bonds. The molecule has 0 saturated heterocycles. The summed E-state index contributed by atoms with van der Waals surface area (Å²) in [5.41, 5.74) is 0.159. The van der Waals surface area contributed by atoms with E-state index in [9.17, 15) is 5.11 Å². The number of rotatable bonds is 6. The van der Waals surface area contributed by atoms with E-state index in [0.29, 0.717) is 6.61 Å². The molecule has 0 aromatic carbocycles. The highest BCUT2D eigenvalue weighted by molar-refractivity contribution is 4.84. The van der Waals surface area contributed by atoms with Crippen LogP contribution in [-0.4, -0.2) is 38.5 Å². The first-order valence-corrected chi connectivity index (χ1v) is 5.63. The normalized spacial score (nSPS) is 21.0. The van der Waals surface area contributed by atoms with Gasteiger partial charge in [0.25, 0.3) is 0 Å². The minimum atomic E-state index is 0.159. The molecule has 0 aliphatic heterocycles. The van der Waals surface area contributed by atoms with Crippen molar-refractivity contribution in [3.63, 3.8) is 0 Å². The summed E-state index contributed by atoms with van der Waals surface area (Å²) < 4.78 is 4.97. The molecule has 0 bridgehead atoms. The van der Waals surface area contributed by atoms with Crippen LogP contribution in [0.25, 0.3) is 0 Å². The second-order valence-electron chi connectivity index (χ2n) is 4.39. The molecule has 3 heteroatoms. The van der Waals surface area contributed by atoms with E-state index in [4.69, 9.17) is 4.74 Å². The monoisotopic (exact) mass is 201 g/mol. The maximum absolute atomic E-state index is 9.43. The fourth-order valence-corrected chi connectivity index (χ4v) is 2.22. The van der Waals surface area contributed by atoms with Gasteiger partial charge < -0.3 is 15.2 Å². The van der Waals surface area contributed by atoms with Gasteiger partial charge in [0, 0.05) is 32.2 Å². The van der Waals surface area contributed by atoms with Crippen LogP contribution in [0.2, 0.25) is 0 Å². The van der Waals surface area contributed by atoms with Crippen molar-refractivity contribution in [2.24, 2.45) is 5.41 Å². The molecule has 0 unspecified atom stereocenters. The molecule has 0 aromatic rings. The molecule has 1 fully saturated rings. The van der Waals surface area contributed by atoms with Crippen molar-refractivity contribution in [1.82, 2.24) is 5.32 Å². The van der Waals surface area contributed by atoms with E-state index < -0.39 is 0 Å². The molecule has 1 aliphatic carbocycles. The van der Waals surface area contributed by atoms with Gasteiger partial charge in [0.1, 0.15) is 0 Å². The van der Waals surface area contributed by atoms with Crippen LogP contribution in [0.3, 0.4) is 0 Å². The number of methoxy groups -OCH3 is 1. The van der Waals surface area contributed by atoms with E-state index in [-0.39, 0.29) is 5.41 Å². The van der Waals surface area contributed by atoms with Gasteiger partial charge in [-0.2, -0.15) is 0 Å². The highest BCUT2D eigenvalue weighted by atomic mass is 16.5. The van der Waals surface area contributed by atoms with Gasteiger partial charge in [-0.3, -0.25) is 0 Å². The summed E-state index contributed by atoms with van der Waals surface area (Å²) in [6, 6.07) is 0. The van der Waals surface area contributed by atoms with E-state index in [1.165, 1.54) is 32.1 Å². The highest BCUT2D eigenvalue weighted by Gasteiger charge is 2.30. The van der Waals surface area contributed by atoms with Crippen molar-refractivity contribution >= 4 is 0 Å². The third kappa shape index (κ3) is 3.56. The molecule has 1 saturated carbocycles. The Labute approximate surface area is 86.8 Å². The van der Waals surface area contributed by atoms with Gasteiger partial charge in [0.15, 0.2) is 0 Å². The molecular weight excluding hydrogens is 178 g/mol. The minimum absolute atomic E-state index is 0.159. The molecule has 3 nitrogen and oxygen atoms in total. The lowest BCUT2D eigenvalue weighted by molar-refractivity contribution is 0.0789. The van der Waals surface area contributed by atoms with Gasteiger partial charge in [-0.25, -0.2) is 0 Å². The average Bonchev–Trinajstić information content (AvgIpc) is 2.26. The number of hydrogen-bond acceptors (Lipinski definition) is 3. The molecule has 84 valence electrons. The van der Waals surface area contributed by atoms with E-state index >= 15 is 0 Å². The zero-order chi connectivity index (χ0) is 10.3. The Bertz CT molecular complexity index is 144. The van der Waals surface area contributed by atoms with Crippen LogP contribution in [0.15, 0.2) is 0 Å². The van der Waals surface area contributed by atoms with E-state index in [0.717, 1.165) is 19.7 Å². The molecular formula is C11H23NO2. The minimum Gasteiger partial charge on any atom is -0.396 e. The van der Waals surface area contributed by atoms with Crippen LogP contribution >= 0.6 is 0 Å². The van der Waals surface area contributed by atoms with Gasteiger partial charge in [-0.15, -0.1) is 0 Å². The van der Waals surface area contributed by atoms with Gasteiger partial charge >= 0.3 is 0 Å². The molecule has 1 aliphatic rings. The maximum atomic E-state index is 9.43. The van der Waals surface area contributed by atoms with Crippen molar-refractivity contribution in [3.8, 4) is 0 Å². The second kappa shape index (κ2) is 6.38. The quantitative estimate of drug-likeness (QED) is 0.634. The van der Waals surface area contributed by atoms with Crippen molar-refractivity contribution < 1.29 is 9.84 Å². The molecule has 0 aromatic heterocycles. The Kier molecular flexibility index (Phi) is 5.45. The summed E-state index contributed by atoms with van der Waals surface area (Å²) >= 11 is 0. The van der Waals surface area contributed by atoms with Gasteiger partial charge in [-0.05, 0) is 12.8 Å². The molecule has 0 heterocycles. The first-order valence-electron chi connectivity index (χ1n) is 5.63. The number of ether oxygens (including phenoxy) is 1. The van der Waals surface area contributed by atoms with E-state index in [1.54, 1.807) is 7.11 Å². The van der Waals surface area contributed by atoms with Crippen molar-refractivity contribution in [2.45, 2.75) is 32.1 Å². The zero-order valence-electron chi connectivity index (χ0n) is 9.22. The Balaban J connectivity index is 2.22. The summed E-state index contributed by atoms with van der Waals surface area (Å²) in [5, 5.41) is 12.8. The lowest BCUT2D eigenvalue weighted by Gasteiger charge is -2.35. The third-order valence-corrected chi connectivity index (χ3v) is 3.23. The summed E-state index contributed by atoms with van der Waals surface area (Å²) in [4.78, 5) is 0. The van der Waals surface area contributed by atoms with E-state index in [2.05, 4.69) is 5.32 Å². The van der Waals surface area contributed by atoms with Crippen LogP contribution in [0.1, 0.15) is 32.1 Å². The zero-order valence-corrected chi connectivity index (χ0v) is 9.22. The van der Waals surface area contributed by atoms with Crippen LogP contribution in [0.4, 0.5) is 0 Å². The van der Waals surface area contributed by atoms with Crippen molar-refractivity contribution in [2.75, 3.05) is 33.4 Å². The number of nitrogens with one attached hydrogen (secondary N) is 1. The SMILES string of the molecule is COCCNCC1(CO)CCCCC1. The lowest BCUT2D eigenvalue weighted by Crippen LogP contribution is -2.40. The maximum Gasteiger partial charge on any atom is 0.0587 e. The Morgan fingerprint density at radius 2 is 2.00 bits per heavy atom. The van der Waals surface area contributed by atoms with Gasteiger partial charge in [0.2, 0.25) is 0 Å². The number of hydrogen-bond donors (Lipinski definition) is 2. The van der Waals surface area contributed by atoms with Crippen LogP contribution < -0.4 is 5.32 Å². The summed E-state index contributed by atoms with van der Waals surface area (Å²) in [6.45, 7) is 2.90. The summed E-state index contributed by atoms with van der Waals surface area (Å²) in [5.74, 6) is 0. The predicted octanol–water partition coefficient (Wildman–Crippen LogP) is 1.17. The first kappa shape index (κ1) is 12.0. The molecule has 14 heavy (non-hydrogen) atoms. The highest BCUT2D eigenvalue weighted by Crippen LogP contribution is 2.34. The Hall–Kier alpha value is -0.120. The van der Waals surface area contributed by atoms with Crippen LogP contribution in [0, 0.1) is 5.41 Å². The van der Waals surface area contributed by atoms with Crippen molar-refractivity contribution in [3.05, 3.63) is 0 Å². The second-order valence-corrected chi connectivity index (χ2v) is 4.39. The summed E-state index contributed by atoms with van der Waals surface area (Å²) in [6.07, 6.45) is 6.21. The third-order valence-electron chi connectivity index (χ3n) is 3.23. The van der Waals surface area contributed by atoms with Crippen LogP contribution in [-0.2, 0) is 4.74 Å². The molecule has 0 spiro atoms. The van der Waals surface area contributed by atoms with Gasteiger partial charge in [0.05, 0.1) is 6.61 Å². The van der Waals surface area contributed by atoms with E-state index in [1.807, 2.05) is 0 Å². The fraction of sp³-hybridized carbons (Fsp3) is 1.00. The van der Waals surface area contributed by atoms with Crippen LogP contribution in [0.5, 0.6) is 0 Å². The predicted molar refractivity (Wildman–Crippen MR) is 57.3 cm³/mol.